The Bertz CT molecular complexity index is 2900. The first-order valence-corrected chi connectivity index (χ1v) is 35.8. The Morgan fingerprint density at radius 3 is 0.844 bits per heavy atom. The third-order valence-electron chi connectivity index (χ3n) is 18.5. The summed E-state index contributed by atoms with van der Waals surface area (Å²) in [5.41, 5.74) is 16.6. The van der Waals surface area contributed by atoms with Gasteiger partial charge in [0.05, 0.1) is 0 Å². The molecule has 0 radical (unpaired) electrons. The van der Waals surface area contributed by atoms with Crippen LogP contribution in [0.4, 0.5) is 0 Å². The zero-order chi connectivity index (χ0) is 50.6. The van der Waals surface area contributed by atoms with Crippen LogP contribution in [0.15, 0.2) is 146 Å². The predicted octanol–water partition coefficient (Wildman–Crippen LogP) is 23.0. The zero-order valence-electron chi connectivity index (χ0n) is 48.0. The second kappa shape index (κ2) is 25.0. The standard InChI is InChI=1S/2C27H25P.C16H32P2.2CH3.Fe/c2*1-5-11-24-19(7-1)13-15-21-17-28(23-9-3-4-10-23)18-22-16-14-20-8-2-6-12-25(20)27(22)26(21)24;1-15(2,3)17-11-7-9-13(17)14-10-8-12-18(14)16(4,5)6;;;/h2*1-2,5-8,11-16,23H,3-4,9-10,17-18H2;13-14H,7-12H2,1-6H3;2*1H3;/q;;;2*-1;+2. The van der Waals surface area contributed by atoms with Gasteiger partial charge in [-0.15, -0.1) is 0 Å². The van der Waals surface area contributed by atoms with Crippen molar-refractivity contribution in [3.8, 4) is 22.3 Å². The van der Waals surface area contributed by atoms with Crippen LogP contribution in [0.25, 0.3) is 65.3 Å². The number of rotatable bonds is 3. The van der Waals surface area contributed by atoms with E-state index in [4.69, 9.17) is 0 Å². The molecule has 2 saturated heterocycles. The summed E-state index contributed by atoms with van der Waals surface area (Å²) in [6.45, 7) is 15.0. The SMILES string of the molecule is CC(C)(C)P1CCCC1C1CCCP1C(C)(C)C.[CH3-].[CH3-].[Fe+2].c1ccc2c3c(ccc2c1)CP(C1CCCC1)Cc1ccc2ccccc2c1-3.c1ccc2c3c(ccc2c1)CP(C1CCCC1)Cc1ccc2ccccc2c1-3. The van der Waals surface area contributed by atoms with Gasteiger partial charge in [-0.05, 0) is 209 Å². The zero-order valence-corrected chi connectivity index (χ0v) is 52.7. The summed E-state index contributed by atoms with van der Waals surface area (Å²) in [4.78, 5) is 0. The van der Waals surface area contributed by atoms with Gasteiger partial charge in [0.1, 0.15) is 0 Å². The predicted molar refractivity (Wildman–Crippen MR) is 349 cm³/mol. The summed E-state index contributed by atoms with van der Waals surface area (Å²) in [7, 11) is 0.597. The molecule has 4 unspecified atom stereocenters. The van der Waals surface area contributed by atoms with E-state index >= 15 is 0 Å². The van der Waals surface area contributed by atoms with Crippen molar-refractivity contribution in [1.29, 1.82) is 0 Å². The summed E-state index contributed by atoms with van der Waals surface area (Å²) in [5, 5.41) is 12.4. The monoisotopic (exact) mass is 1130 g/mol. The van der Waals surface area contributed by atoms with E-state index in [1.807, 2.05) is 0 Å². The van der Waals surface area contributed by atoms with Gasteiger partial charge < -0.3 is 14.9 Å². The molecule has 4 fully saturated rings. The van der Waals surface area contributed by atoms with E-state index < -0.39 is 0 Å². The number of fused-ring (bicyclic) bond motifs is 14. The molecule has 0 spiro atoms. The van der Waals surface area contributed by atoms with E-state index in [1.54, 1.807) is 47.4 Å². The van der Waals surface area contributed by atoms with Gasteiger partial charge in [0.2, 0.25) is 0 Å². The summed E-state index contributed by atoms with van der Waals surface area (Å²) in [6, 6.07) is 55.1. The molecule has 4 atom stereocenters. The molecule has 0 aromatic heterocycles. The minimum Gasteiger partial charge on any atom is -0.358 e. The maximum atomic E-state index is 2.51. The van der Waals surface area contributed by atoms with Gasteiger partial charge >= 0.3 is 17.1 Å². The fourth-order valence-electron chi connectivity index (χ4n) is 15.1. The second-order valence-corrected chi connectivity index (χ2v) is 37.0. The topological polar surface area (TPSA) is 0 Å². The molecule has 4 aliphatic heterocycles. The van der Waals surface area contributed by atoms with Crippen molar-refractivity contribution in [2.45, 2.75) is 176 Å². The van der Waals surface area contributed by atoms with E-state index in [1.165, 1.54) is 154 Å². The van der Waals surface area contributed by atoms with Gasteiger partial charge in [0, 0.05) is 0 Å². The quantitative estimate of drug-likeness (QED) is 0.0940. The van der Waals surface area contributed by atoms with E-state index in [0.717, 1.165) is 22.6 Å². The molecule has 14 rings (SSSR count). The maximum Gasteiger partial charge on any atom is 2.00 e. The molecule has 8 aromatic rings. The molecule has 8 aromatic carbocycles. The Morgan fingerprint density at radius 2 is 0.584 bits per heavy atom. The number of hydrogen-bond donors (Lipinski definition) is 0. The van der Waals surface area contributed by atoms with Crippen LogP contribution in [0.2, 0.25) is 0 Å². The Hall–Kier alpha value is -2.96. The van der Waals surface area contributed by atoms with Crippen LogP contribution in [0.5, 0.6) is 0 Å². The van der Waals surface area contributed by atoms with Crippen molar-refractivity contribution in [2.24, 2.45) is 0 Å². The molecule has 2 saturated carbocycles. The molecule has 0 nitrogen and oxygen atoms in total. The molecule has 6 aliphatic rings. The third-order valence-corrected chi connectivity index (χ3v) is 32.7. The average molecular weight is 1130 g/mol. The Kier molecular flexibility index (Phi) is 19.1. The Labute approximate surface area is 482 Å². The molecule has 5 heteroatoms. The fraction of sp³-hybridized carbons (Fsp3) is 0.417. The molecule has 0 N–H and O–H groups in total. The van der Waals surface area contributed by atoms with Crippen LogP contribution in [-0.4, -0.2) is 45.3 Å². The van der Waals surface area contributed by atoms with Crippen LogP contribution in [0, 0.1) is 14.9 Å². The average Bonchev–Trinajstić information content (AvgIpc) is 4.30. The first-order valence-electron chi connectivity index (χ1n) is 29.0. The van der Waals surface area contributed by atoms with Crippen LogP contribution in [0.1, 0.15) is 141 Å². The van der Waals surface area contributed by atoms with Crippen molar-refractivity contribution in [2.75, 3.05) is 12.3 Å². The summed E-state index contributed by atoms with van der Waals surface area (Å²) in [5.74, 6) is 0. The van der Waals surface area contributed by atoms with Crippen molar-refractivity contribution in [3.05, 3.63) is 183 Å². The molecule has 404 valence electrons. The Morgan fingerprint density at radius 1 is 0.325 bits per heavy atom. The molecule has 0 bridgehead atoms. The van der Waals surface area contributed by atoms with Gasteiger partial charge in [0.15, 0.2) is 0 Å². The molecule has 4 heterocycles. The van der Waals surface area contributed by atoms with Crippen LogP contribution in [-0.2, 0) is 41.7 Å². The van der Waals surface area contributed by atoms with Crippen molar-refractivity contribution < 1.29 is 17.1 Å². The van der Waals surface area contributed by atoms with Crippen LogP contribution in [0.3, 0.4) is 0 Å². The second-order valence-electron chi connectivity index (χ2n) is 25.1. The first-order chi connectivity index (χ1) is 36.0. The molecular formula is C72H88FeP4. The summed E-state index contributed by atoms with van der Waals surface area (Å²) in [6.07, 6.45) is 26.1. The number of benzene rings is 8. The van der Waals surface area contributed by atoms with E-state index in [9.17, 15) is 0 Å². The molecule has 77 heavy (non-hydrogen) atoms. The van der Waals surface area contributed by atoms with E-state index in [-0.39, 0.29) is 63.6 Å². The van der Waals surface area contributed by atoms with Crippen molar-refractivity contribution in [3.63, 3.8) is 0 Å². The molecule has 0 amide bonds. The summed E-state index contributed by atoms with van der Waals surface area (Å²) >= 11 is 0. The minimum atomic E-state index is 0. The normalized spacial score (nSPS) is 21.7. The van der Waals surface area contributed by atoms with Gasteiger partial charge in [-0.25, -0.2) is 0 Å². The van der Waals surface area contributed by atoms with Gasteiger partial charge in [-0.1, -0.05) is 245 Å². The molecular weight excluding hydrogens is 1040 g/mol. The van der Waals surface area contributed by atoms with Gasteiger partial charge in [0.25, 0.3) is 0 Å². The van der Waals surface area contributed by atoms with Crippen molar-refractivity contribution >= 4 is 74.8 Å². The number of hydrogen-bond acceptors (Lipinski definition) is 0. The minimum absolute atomic E-state index is 0. The van der Waals surface area contributed by atoms with E-state index in [2.05, 4.69) is 187 Å². The summed E-state index contributed by atoms with van der Waals surface area (Å²) < 4.78 is 0. The molecule has 2 aliphatic carbocycles. The van der Waals surface area contributed by atoms with Crippen molar-refractivity contribution in [1.82, 2.24) is 0 Å². The van der Waals surface area contributed by atoms with Crippen LogP contribution >= 0.6 is 31.7 Å². The van der Waals surface area contributed by atoms with Crippen LogP contribution < -0.4 is 0 Å². The maximum absolute atomic E-state index is 2.51. The van der Waals surface area contributed by atoms with Gasteiger partial charge in [-0.3, -0.25) is 0 Å². The smallest absolute Gasteiger partial charge is 0.358 e. The van der Waals surface area contributed by atoms with Gasteiger partial charge in [-0.2, -0.15) is 0 Å². The first kappa shape index (κ1) is 58.7. The largest absolute Gasteiger partial charge is 2.00 e. The Balaban J connectivity index is 0.000000142. The fourth-order valence-corrected chi connectivity index (χ4v) is 29.4. The van der Waals surface area contributed by atoms with E-state index in [0.29, 0.717) is 10.3 Å². The third kappa shape index (κ3) is 12.0.